The molecule has 1 amide bonds. The van der Waals surface area contributed by atoms with Gasteiger partial charge in [0.2, 0.25) is 0 Å². The smallest absolute Gasteiger partial charge is 0.274 e. The zero-order chi connectivity index (χ0) is 20.1. The van der Waals surface area contributed by atoms with E-state index in [9.17, 15) is 4.79 Å². The van der Waals surface area contributed by atoms with Crippen molar-refractivity contribution in [1.82, 2.24) is 4.98 Å². The van der Waals surface area contributed by atoms with Crippen LogP contribution in [0.3, 0.4) is 0 Å². The lowest BCUT2D eigenvalue weighted by Gasteiger charge is -2.12. The number of benzene rings is 2. The molecule has 0 aliphatic rings. The van der Waals surface area contributed by atoms with E-state index in [1.165, 1.54) is 0 Å². The first kappa shape index (κ1) is 19.5. The zero-order valence-electron chi connectivity index (χ0n) is 15.7. The van der Waals surface area contributed by atoms with Crippen LogP contribution in [0.2, 0.25) is 5.02 Å². The van der Waals surface area contributed by atoms with Gasteiger partial charge in [-0.3, -0.25) is 9.78 Å². The predicted molar refractivity (Wildman–Crippen MR) is 111 cm³/mol. The number of ether oxygens (including phenoxy) is 2. The van der Waals surface area contributed by atoms with Crippen LogP contribution in [0.25, 0.3) is 0 Å². The molecule has 0 unspecified atom stereocenters. The van der Waals surface area contributed by atoms with Crippen molar-refractivity contribution in [2.75, 3.05) is 24.9 Å². The molecule has 0 saturated heterocycles. The Labute approximate surface area is 168 Å². The maximum absolute atomic E-state index is 12.6. The number of aryl methyl sites for hydroxylation is 1. The topological polar surface area (TPSA) is 72.5 Å². The molecule has 0 spiro atoms. The van der Waals surface area contributed by atoms with Crippen LogP contribution in [0.15, 0.2) is 54.7 Å². The summed E-state index contributed by atoms with van der Waals surface area (Å²) >= 11 is 6.16. The number of halogens is 1. The molecule has 6 nitrogen and oxygen atoms in total. The third-order valence-corrected chi connectivity index (χ3v) is 4.33. The summed E-state index contributed by atoms with van der Waals surface area (Å²) < 4.78 is 10.5. The number of methoxy groups -OCH3 is 2. The minimum Gasteiger partial charge on any atom is -0.495 e. The normalized spacial score (nSPS) is 10.3. The molecule has 144 valence electrons. The van der Waals surface area contributed by atoms with Gasteiger partial charge in [0.05, 0.1) is 24.9 Å². The van der Waals surface area contributed by atoms with Crippen LogP contribution in [0.4, 0.5) is 17.1 Å². The second-order valence-corrected chi connectivity index (χ2v) is 6.47. The summed E-state index contributed by atoms with van der Waals surface area (Å²) in [5, 5.41) is 6.54. The highest BCUT2D eigenvalue weighted by atomic mass is 35.5. The van der Waals surface area contributed by atoms with E-state index >= 15 is 0 Å². The van der Waals surface area contributed by atoms with Crippen molar-refractivity contribution in [3.05, 3.63) is 71.0 Å². The van der Waals surface area contributed by atoms with Gasteiger partial charge in [-0.15, -0.1) is 0 Å². The van der Waals surface area contributed by atoms with Crippen LogP contribution in [-0.2, 0) is 0 Å². The number of pyridine rings is 1. The fourth-order valence-corrected chi connectivity index (χ4v) is 2.91. The molecule has 3 aromatic rings. The second-order valence-electron chi connectivity index (χ2n) is 6.06. The third kappa shape index (κ3) is 4.53. The minimum absolute atomic E-state index is 0.271. The van der Waals surface area contributed by atoms with Gasteiger partial charge in [-0.25, -0.2) is 0 Å². The first-order chi connectivity index (χ1) is 13.5. The number of hydrogen-bond donors (Lipinski definition) is 2. The van der Waals surface area contributed by atoms with E-state index in [4.69, 9.17) is 21.1 Å². The lowest BCUT2D eigenvalue weighted by molar-refractivity contribution is 0.102. The van der Waals surface area contributed by atoms with Crippen molar-refractivity contribution < 1.29 is 14.3 Å². The number of carbonyl (C=O) groups excluding carboxylic acids is 1. The SMILES string of the molecule is COc1ccc(Nc2ccnc(C(=O)Nc3cc(C)ccc3OC)c2)cc1Cl. The predicted octanol–water partition coefficient (Wildman–Crippen LogP) is 5.06. The minimum atomic E-state index is -0.333. The Balaban J connectivity index is 1.78. The van der Waals surface area contributed by atoms with E-state index in [2.05, 4.69) is 15.6 Å². The highest BCUT2D eigenvalue weighted by Gasteiger charge is 2.12. The number of carbonyl (C=O) groups is 1. The molecule has 0 aliphatic heterocycles. The molecule has 1 heterocycles. The van der Waals surface area contributed by atoms with Gasteiger partial charge in [-0.1, -0.05) is 17.7 Å². The Morgan fingerprint density at radius 2 is 1.68 bits per heavy atom. The fraction of sp³-hybridized carbons (Fsp3) is 0.143. The summed E-state index contributed by atoms with van der Waals surface area (Å²) in [5.74, 6) is 0.843. The molecule has 3 rings (SSSR count). The molecular weight excluding hydrogens is 378 g/mol. The highest BCUT2D eigenvalue weighted by Crippen LogP contribution is 2.29. The summed E-state index contributed by atoms with van der Waals surface area (Å²) in [4.78, 5) is 16.8. The van der Waals surface area contributed by atoms with Gasteiger partial charge in [0.15, 0.2) is 0 Å². The van der Waals surface area contributed by atoms with E-state index < -0.39 is 0 Å². The first-order valence-electron chi connectivity index (χ1n) is 8.53. The van der Waals surface area contributed by atoms with Crippen LogP contribution in [-0.4, -0.2) is 25.1 Å². The summed E-state index contributed by atoms with van der Waals surface area (Å²) in [7, 11) is 3.12. The van der Waals surface area contributed by atoms with Gasteiger partial charge >= 0.3 is 0 Å². The van der Waals surface area contributed by atoms with Gasteiger partial charge < -0.3 is 20.1 Å². The van der Waals surface area contributed by atoms with Gasteiger partial charge in [-0.2, -0.15) is 0 Å². The maximum Gasteiger partial charge on any atom is 0.274 e. The Morgan fingerprint density at radius 3 is 2.39 bits per heavy atom. The van der Waals surface area contributed by atoms with E-state index in [1.807, 2.05) is 31.2 Å². The number of amides is 1. The Bertz CT molecular complexity index is 1010. The molecule has 0 fully saturated rings. The summed E-state index contributed by atoms with van der Waals surface area (Å²) in [5.41, 5.74) is 3.35. The summed E-state index contributed by atoms with van der Waals surface area (Å²) in [6, 6.07) is 14.3. The number of aromatic nitrogens is 1. The van der Waals surface area contributed by atoms with E-state index in [0.29, 0.717) is 27.9 Å². The molecule has 28 heavy (non-hydrogen) atoms. The van der Waals surface area contributed by atoms with Crippen molar-refractivity contribution in [3.63, 3.8) is 0 Å². The average Bonchev–Trinajstić information content (AvgIpc) is 2.68. The van der Waals surface area contributed by atoms with Crippen molar-refractivity contribution in [3.8, 4) is 11.5 Å². The molecule has 0 saturated carbocycles. The average molecular weight is 398 g/mol. The molecule has 0 aliphatic carbocycles. The molecule has 0 atom stereocenters. The molecule has 1 aromatic heterocycles. The fourth-order valence-electron chi connectivity index (χ4n) is 2.65. The van der Waals surface area contributed by atoms with Gasteiger partial charge in [-0.05, 0) is 55.0 Å². The first-order valence-corrected chi connectivity index (χ1v) is 8.90. The van der Waals surface area contributed by atoms with Crippen molar-refractivity contribution >= 4 is 34.6 Å². The van der Waals surface area contributed by atoms with Crippen LogP contribution in [0.1, 0.15) is 16.1 Å². The van der Waals surface area contributed by atoms with Crippen LogP contribution in [0, 0.1) is 6.92 Å². The quantitative estimate of drug-likeness (QED) is 0.608. The zero-order valence-corrected chi connectivity index (χ0v) is 16.5. The Kier molecular flexibility index (Phi) is 6.01. The van der Waals surface area contributed by atoms with Crippen molar-refractivity contribution in [1.29, 1.82) is 0 Å². The lowest BCUT2D eigenvalue weighted by atomic mass is 10.2. The largest absolute Gasteiger partial charge is 0.495 e. The van der Waals surface area contributed by atoms with E-state index in [0.717, 1.165) is 11.3 Å². The highest BCUT2D eigenvalue weighted by molar-refractivity contribution is 6.32. The summed E-state index contributed by atoms with van der Waals surface area (Å²) in [6.07, 6.45) is 1.57. The van der Waals surface area contributed by atoms with Gasteiger partial charge in [0, 0.05) is 17.6 Å². The standard InChI is InChI=1S/C21H20ClN3O3/c1-13-4-6-20(28-3)17(10-13)25-21(26)18-12-15(8-9-23-18)24-14-5-7-19(27-2)16(22)11-14/h4-12H,1-3H3,(H,23,24)(H,25,26). The molecule has 7 heteroatoms. The summed E-state index contributed by atoms with van der Waals surface area (Å²) in [6.45, 7) is 1.94. The van der Waals surface area contributed by atoms with Gasteiger partial charge in [0.1, 0.15) is 17.2 Å². The third-order valence-electron chi connectivity index (χ3n) is 4.04. The molecule has 2 N–H and O–H groups in total. The number of rotatable bonds is 6. The Hall–Kier alpha value is -3.25. The van der Waals surface area contributed by atoms with E-state index in [-0.39, 0.29) is 11.6 Å². The van der Waals surface area contributed by atoms with Crippen molar-refractivity contribution in [2.45, 2.75) is 6.92 Å². The monoisotopic (exact) mass is 397 g/mol. The number of nitrogens with zero attached hydrogens (tertiary/aromatic N) is 1. The Morgan fingerprint density at radius 1 is 0.964 bits per heavy atom. The number of hydrogen-bond acceptors (Lipinski definition) is 5. The van der Waals surface area contributed by atoms with Gasteiger partial charge in [0.25, 0.3) is 5.91 Å². The number of nitrogens with one attached hydrogen (secondary N) is 2. The van der Waals surface area contributed by atoms with Crippen molar-refractivity contribution in [2.24, 2.45) is 0 Å². The number of anilines is 3. The lowest BCUT2D eigenvalue weighted by Crippen LogP contribution is -2.14. The van der Waals surface area contributed by atoms with Crippen LogP contribution >= 0.6 is 11.6 Å². The van der Waals surface area contributed by atoms with Crippen LogP contribution < -0.4 is 20.1 Å². The second kappa shape index (κ2) is 8.63. The molecular formula is C21H20ClN3O3. The maximum atomic E-state index is 12.6. The molecule has 2 aromatic carbocycles. The van der Waals surface area contributed by atoms with Crippen LogP contribution in [0.5, 0.6) is 11.5 Å². The molecule has 0 bridgehead atoms. The molecule has 0 radical (unpaired) electrons. The van der Waals surface area contributed by atoms with E-state index in [1.54, 1.807) is 44.7 Å².